The zero-order valence-electron chi connectivity index (χ0n) is 10.6. The summed E-state index contributed by atoms with van der Waals surface area (Å²) in [6.07, 6.45) is 0.590. The summed E-state index contributed by atoms with van der Waals surface area (Å²) in [5, 5.41) is 12.4. The number of rotatable bonds is 6. The SMILES string of the molecule is CCC(NS(=O)(=O)c1ccsc1C(=O)O)c1cccs1. The average Bonchev–Trinajstić information content (AvgIpc) is 3.06. The summed E-state index contributed by atoms with van der Waals surface area (Å²) >= 11 is 2.36. The number of carboxylic acid groups (broad SMARTS) is 1. The molecule has 0 amide bonds. The molecular weight excluding hydrogens is 318 g/mol. The van der Waals surface area contributed by atoms with Gasteiger partial charge in [-0.25, -0.2) is 17.9 Å². The smallest absolute Gasteiger partial charge is 0.347 e. The Hall–Kier alpha value is -1.22. The molecule has 108 valence electrons. The third-order valence-electron chi connectivity index (χ3n) is 2.71. The van der Waals surface area contributed by atoms with Gasteiger partial charge < -0.3 is 5.11 Å². The van der Waals surface area contributed by atoms with Crippen LogP contribution in [0.1, 0.15) is 33.9 Å². The fourth-order valence-electron chi connectivity index (χ4n) is 1.75. The van der Waals surface area contributed by atoms with Crippen LogP contribution in [-0.2, 0) is 10.0 Å². The summed E-state index contributed by atoms with van der Waals surface area (Å²) in [5.41, 5.74) is 0. The second kappa shape index (κ2) is 6.04. The van der Waals surface area contributed by atoms with Gasteiger partial charge in [-0.2, -0.15) is 0 Å². The number of nitrogens with one attached hydrogen (secondary N) is 1. The number of thiophene rings is 2. The van der Waals surface area contributed by atoms with Gasteiger partial charge in [-0.05, 0) is 29.3 Å². The number of hydrogen-bond donors (Lipinski definition) is 2. The molecule has 20 heavy (non-hydrogen) atoms. The Morgan fingerprint density at radius 3 is 2.65 bits per heavy atom. The molecular formula is C12H13NO4S3. The van der Waals surface area contributed by atoms with Crippen molar-refractivity contribution in [2.24, 2.45) is 0 Å². The molecule has 8 heteroatoms. The molecule has 0 aliphatic rings. The fourth-order valence-corrected chi connectivity index (χ4v) is 5.24. The third kappa shape index (κ3) is 3.09. The van der Waals surface area contributed by atoms with E-state index in [2.05, 4.69) is 4.72 Å². The molecule has 2 heterocycles. The molecule has 2 rings (SSSR count). The fraction of sp³-hybridized carbons (Fsp3) is 0.250. The molecule has 1 unspecified atom stereocenters. The molecule has 1 atom stereocenters. The van der Waals surface area contributed by atoms with Crippen LogP contribution in [0.5, 0.6) is 0 Å². The van der Waals surface area contributed by atoms with Crippen molar-refractivity contribution < 1.29 is 18.3 Å². The Kier molecular flexibility index (Phi) is 4.59. The molecule has 0 saturated carbocycles. The number of sulfonamides is 1. The van der Waals surface area contributed by atoms with E-state index in [4.69, 9.17) is 5.11 Å². The highest BCUT2D eigenvalue weighted by molar-refractivity contribution is 7.89. The van der Waals surface area contributed by atoms with E-state index in [1.165, 1.54) is 22.8 Å². The quantitative estimate of drug-likeness (QED) is 0.852. The van der Waals surface area contributed by atoms with Crippen molar-refractivity contribution in [3.63, 3.8) is 0 Å². The maximum atomic E-state index is 12.3. The predicted octanol–water partition coefficient (Wildman–Crippen LogP) is 2.94. The van der Waals surface area contributed by atoms with Gasteiger partial charge in [0.1, 0.15) is 9.77 Å². The average molecular weight is 331 g/mol. The van der Waals surface area contributed by atoms with Gasteiger partial charge in [0.15, 0.2) is 0 Å². The van der Waals surface area contributed by atoms with E-state index >= 15 is 0 Å². The highest BCUT2D eigenvalue weighted by atomic mass is 32.2. The van der Waals surface area contributed by atoms with Crippen LogP contribution in [0.3, 0.4) is 0 Å². The van der Waals surface area contributed by atoms with Crippen molar-refractivity contribution in [2.45, 2.75) is 24.3 Å². The molecule has 2 N–H and O–H groups in total. The lowest BCUT2D eigenvalue weighted by atomic mass is 10.2. The summed E-state index contributed by atoms with van der Waals surface area (Å²) < 4.78 is 27.2. The van der Waals surface area contributed by atoms with E-state index in [1.54, 1.807) is 0 Å². The van der Waals surface area contributed by atoms with Gasteiger partial charge in [-0.3, -0.25) is 0 Å². The van der Waals surface area contributed by atoms with Crippen molar-refractivity contribution in [2.75, 3.05) is 0 Å². The van der Waals surface area contributed by atoms with Crippen LogP contribution < -0.4 is 4.72 Å². The number of hydrogen-bond acceptors (Lipinski definition) is 5. The predicted molar refractivity (Wildman–Crippen MR) is 79.0 cm³/mol. The highest BCUT2D eigenvalue weighted by Crippen LogP contribution is 2.27. The third-order valence-corrected chi connectivity index (χ3v) is 6.24. The normalized spacial score (nSPS) is 13.2. The van der Waals surface area contributed by atoms with E-state index in [1.807, 2.05) is 24.4 Å². The van der Waals surface area contributed by atoms with Crippen molar-refractivity contribution in [3.8, 4) is 0 Å². The molecule has 0 radical (unpaired) electrons. The molecule has 0 aliphatic carbocycles. The second-order valence-electron chi connectivity index (χ2n) is 4.02. The minimum Gasteiger partial charge on any atom is -0.477 e. The first-order valence-corrected chi connectivity index (χ1v) is 9.06. The first-order valence-electron chi connectivity index (χ1n) is 5.82. The Labute approximate surface area is 124 Å². The Balaban J connectivity index is 2.31. The van der Waals surface area contributed by atoms with Crippen LogP contribution in [0.15, 0.2) is 33.9 Å². The zero-order valence-corrected chi connectivity index (χ0v) is 13.0. The molecule has 0 saturated heterocycles. The van der Waals surface area contributed by atoms with Gasteiger partial charge >= 0.3 is 5.97 Å². The van der Waals surface area contributed by atoms with Crippen molar-refractivity contribution in [3.05, 3.63) is 38.7 Å². The lowest BCUT2D eigenvalue weighted by Gasteiger charge is -2.15. The van der Waals surface area contributed by atoms with E-state index < -0.39 is 16.0 Å². The summed E-state index contributed by atoms with van der Waals surface area (Å²) in [6, 6.07) is 4.68. The minimum atomic E-state index is -3.84. The van der Waals surface area contributed by atoms with Crippen LogP contribution in [-0.4, -0.2) is 19.5 Å². The van der Waals surface area contributed by atoms with Crippen LogP contribution in [0.25, 0.3) is 0 Å². The molecule has 5 nitrogen and oxygen atoms in total. The summed E-state index contributed by atoms with van der Waals surface area (Å²) in [5.74, 6) is -1.23. The standard InChI is InChI=1S/C12H13NO4S3/c1-2-8(9-4-3-6-18-9)13-20(16,17)10-5-7-19-11(10)12(14)15/h3-8,13H,2H2,1H3,(H,14,15). The number of aromatic carboxylic acids is 1. The minimum absolute atomic E-state index is 0.168. The molecule has 2 aromatic heterocycles. The van der Waals surface area contributed by atoms with Crippen molar-refractivity contribution in [1.82, 2.24) is 4.72 Å². The van der Waals surface area contributed by atoms with Crippen LogP contribution >= 0.6 is 22.7 Å². The Morgan fingerprint density at radius 2 is 2.10 bits per heavy atom. The molecule has 2 aromatic rings. The van der Waals surface area contributed by atoms with E-state index in [0.29, 0.717) is 6.42 Å². The summed E-state index contributed by atoms with van der Waals surface area (Å²) in [7, 11) is -3.84. The Morgan fingerprint density at radius 1 is 1.35 bits per heavy atom. The zero-order chi connectivity index (χ0) is 14.8. The molecule has 0 bridgehead atoms. The van der Waals surface area contributed by atoms with Gasteiger partial charge in [-0.15, -0.1) is 22.7 Å². The second-order valence-corrected chi connectivity index (χ2v) is 7.59. The first-order chi connectivity index (χ1) is 9.45. The maximum absolute atomic E-state index is 12.3. The topological polar surface area (TPSA) is 83.5 Å². The molecule has 0 aliphatic heterocycles. The Bertz CT molecular complexity index is 688. The first kappa shape index (κ1) is 15.2. The van der Waals surface area contributed by atoms with Gasteiger partial charge in [0, 0.05) is 4.88 Å². The van der Waals surface area contributed by atoms with Gasteiger partial charge in [0.2, 0.25) is 10.0 Å². The van der Waals surface area contributed by atoms with Crippen LogP contribution in [0, 0.1) is 0 Å². The summed E-state index contributed by atoms with van der Waals surface area (Å²) in [6.45, 7) is 1.87. The van der Waals surface area contributed by atoms with Crippen LogP contribution in [0.4, 0.5) is 0 Å². The van der Waals surface area contributed by atoms with Crippen LogP contribution in [0.2, 0.25) is 0 Å². The largest absolute Gasteiger partial charge is 0.477 e. The maximum Gasteiger partial charge on any atom is 0.347 e. The highest BCUT2D eigenvalue weighted by Gasteiger charge is 2.26. The van der Waals surface area contributed by atoms with E-state index in [-0.39, 0.29) is 15.8 Å². The lowest BCUT2D eigenvalue weighted by molar-refractivity contribution is 0.0698. The molecule has 0 fully saturated rings. The number of carboxylic acids is 1. The molecule has 0 aromatic carbocycles. The van der Waals surface area contributed by atoms with Gasteiger partial charge in [-0.1, -0.05) is 13.0 Å². The molecule has 0 spiro atoms. The van der Waals surface area contributed by atoms with Gasteiger partial charge in [0.25, 0.3) is 0 Å². The van der Waals surface area contributed by atoms with Crippen molar-refractivity contribution >= 4 is 38.7 Å². The lowest BCUT2D eigenvalue weighted by Crippen LogP contribution is -2.28. The van der Waals surface area contributed by atoms with E-state index in [9.17, 15) is 13.2 Å². The van der Waals surface area contributed by atoms with E-state index in [0.717, 1.165) is 16.2 Å². The van der Waals surface area contributed by atoms with Gasteiger partial charge in [0.05, 0.1) is 6.04 Å². The monoisotopic (exact) mass is 331 g/mol. The number of carbonyl (C=O) groups is 1. The summed E-state index contributed by atoms with van der Waals surface area (Å²) in [4.78, 5) is 11.6. The van der Waals surface area contributed by atoms with Crippen molar-refractivity contribution in [1.29, 1.82) is 0 Å².